The van der Waals surface area contributed by atoms with Crippen molar-refractivity contribution < 1.29 is 14.4 Å². The fourth-order valence-electron chi connectivity index (χ4n) is 2.90. The van der Waals surface area contributed by atoms with Crippen LogP contribution in [-0.4, -0.2) is 53.1 Å². The van der Waals surface area contributed by atoms with Gasteiger partial charge in [0.05, 0.1) is 6.54 Å². The lowest BCUT2D eigenvalue weighted by Gasteiger charge is -2.36. The molecule has 0 N–H and O–H groups in total. The van der Waals surface area contributed by atoms with E-state index in [-0.39, 0.29) is 36.7 Å². The van der Waals surface area contributed by atoms with E-state index in [1.165, 1.54) is 4.90 Å². The van der Waals surface area contributed by atoms with Crippen molar-refractivity contribution in [2.75, 3.05) is 19.6 Å². The molecule has 1 unspecified atom stereocenters. The first-order valence-corrected chi connectivity index (χ1v) is 7.72. The summed E-state index contributed by atoms with van der Waals surface area (Å²) in [5.74, 6) is -0.298. The standard InChI is InChI=1S/C15H15BrN2O3/c16-11-5-3-10(4-6-11)13(19)8-17-9-14(20)18-7-1-2-12(18)15(17)21/h3-6,12H,1-2,7-9H2. The summed E-state index contributed by atoms with van der Waals surface area (Å²) in [6.07, 6.45) is 1.56. The van der Waals surface area contributed by atoms with Gasteiger partial charge in [-0.25, -0.2) is 0 Å². The van der Waals surface area contributed by atoms with E-state index in [0.717, 1.165) is 10.9 Å². The molecule has 110 valence electrons. The van der Waals surface area contributed by atoms with E-state index in [2.05, 4.69) is 15.9 Å². The summed E-state index contributed by atoms with van der Waals surface area (Å²) in [5.41, 5.74) is 0.548. The third-order valence-corrected chi connectivity index (χ3v) is 4.53. The molecule has 2 aliphatic rings. The van der Waals surface area contributed by atoms with Gasteiger partial charge in [-0.05, 0) is 25.0 Å². The maximum atomic E-state index is 12.3. The molecule has 6 heteroatoms. The number of nitrogens with zero attached hydrogens (tertiary/aromatic N) is 2. The van der Waals surface area contributed by atoms with E-state index in [4.69, 9.17) is 0 Å². The fourth-order valence-corrected chi connectivity index (χ4v) is 3.16. The molecule has 2 heterocycles. The lowest BCUT2D eigenvalue weighted by Crippen LogP contribution is -2.58. The van der Waals surface area contributed by atoms with Gasteiger partial charge in [0.1, 0.15) is 12.6 Å². The number of hydrogen-bond acceptors (Lipinski definition) is 3. The van der Waals surface area contributed by atoms with E-state index < -0.39 is 0 Å². The first-order chi connectivity index (χ1) is 10.1. The van der Waals surface area contributed by atoms with Crippen molar-refractivity contribution in [1.29, 1.82) is 0 Å². The minimum atomic E-state index is -0.357. The third-order valence-electron chi connectivity index (χ3n) is 4.00. The van der Waals surface area contributed by atoms with E-state index in [9.17, 15) is 14.4 Å². The molecule has 5 nitrogen and oxygen atoms in total. The van der Waals surface area contributed by atoms with Gasteiger partial charge in [0.25, 0.3) is 0 Å². The molecule has 0 bridgehead atoms. The summed E-state index contributed by atoms with van der Waals surface area (Å²) in [6, 6.07) is 6.64. The van der Waals surface area contributed by atoms with Crippen LogP contribution in [0.4, 0.5) is 0 Å². The molecule has 1 atom stereocenters. The van der Waals surface area contributed by atoms with Crippen LogP contribution in [0.25, 0.3) is 0 Å². The van der Waals surface area contributed by atoms with Crippen LogP contribution in [0, 0.1) is 0 Å². The number of ketones is 1. The van der Waals surface area contributed by atoms with Crippen molar-refractivity contribution in [1.82, 2.24) is 9.80 Å². The zero-order chi connectivity index (χ0) is 15.0. The van der Waals surface area contributed by atoms with Crippen molar-refractivity contribution in [2.24, 2.45) is 0 Å². The largest absolute Gasteiger partial charge is 0.329 e. The minimum absolute atomic E-state index is 0.0115. The van der Waals surface area contributed by atoms with Gasteiger partial charge in [0.2, 0.25) is 11.8 Å². The van der Waals surface area contributed by atoms with Crippen LogP contribution >= 0.6 is 15.9 Å². The van der Waals surface area contributed by atoms with E-state index in [0.29, 0.717) is 18.5 Å². The predicted molar refractivity (Wildman–Crippen MR) is 79.8 cm³/mol. The third kappa shape index (κ3) is 2.72. The highest BCUT2D eigenvalue weighted by Crippen LogP contribution is 2.23. The van der Waals surface area contributed by atoms with Gasteiger partial charge in [0, 0.05) is 16.6 Å². The Morgan fingerprint density at radius 1 is 1.24 bits per heavy atom. The Morgan fingerprint density at radius 2 is 1.95 bits per heavy atom. The normalized spacial score (nSPS) is 21.7. The van der Waals surface area contributed by atoms with Crippen LogP contribution in [0.5, 0.6) is 0 Å². The lowest BCUT2D eigenvalue weighted by atomic mass is 10.1. The van der Waals surface area contributed by atoms with E-state index in [1.54, 1.807) is 29.2 Å². The molecule has 0 spiro atoms. The Morgan fingerprint density at radius 3 is 2.67 bits per heavy atom. The Kier molecular flexibility index (Phi) is 3.80. The number of carbonyl (C=O) groups is 3. The quantitative estimate of drug-likeness (QED) is 0.775. The Labute approximate surface area is 131 Å². The van der Waals surface area contributed by atoms with Gasteiger partial charge >= 0.3 is 0 Å². The summed E-state index contributed by atoms with van der Waals surface area (Å²) in [6.45, 7) is 0.637. The minimum Gasteiger partial charge on any atom is -0.329 e. The van der Waals surface area contributed by atoms with Crippen LogP contribution in [0.1, 0.15) is 23.2 Å². The topological polar surface area (TPSA) is 57.7 Å². The van der Waals surface area contributed by atoms with Crippen molar-refractivity contribution in [3.63, 3.8) is 0 Å². The number of fused-ring (bicyclic) bond motifs is 1. The second kappa shape index (κ2) is 5.60. The smallest absolute Gasteiger partial charge is 0.246 e. The van der Waals surface area contributed by atoms with Crippen LogP contribution in [-0.2, 0) is 9.59 Å². The number of amides is 2. The first kappa shape index (κ1) is 14.3. The van der Waals surface area contributed by atoms with E-state index >= 15 is 0 Å². The molecule has 2 aliphatic heterocycles. The lowest BCUT2D eigenvalue weighted by molar-refractivity contribution is -0.152. The van der Waals surface area contributed by atoms with Gasteiger partial charge in [-0.15, -0.1) is 0 Å². The molecule has 2 amide bonds. The molecule has 0 radical (unpaired) electrons. The highest BCUT2D eigenvalue weighted by Gasteiger charge is 2.42. The zero-order valence-corrected chi connectivity index (χ0v) is 13.0. The number of Topliss-reactive ketones (excluding diaryl/α,β-unsaturated/α-hetero) is 1. The molecule has 21 heavy (non-hydrogen) atoms. The molecular weight excluding hydrogens is 336 g/mol. The maximum Gasteiger partial charge on any atom is 0.246 e. The molecule has 1 aromatic carbocycles. The van der Waals surface area contributed by atoms with Gasteiger partial charge in [-0.3, -0.25) is 14.4 Å². The Balaban J connectivity index is 1.72. The van der Waals surface area contributed by atoms with Crippen LogP contribution in [0.2, 0.25) is 0 Å². The Hall–Kier alpha value is -1.69. The van der Waals surface area contributed by atoms with Crippen molar-refractivity contribution in [3.05, 3.63) is 34.3 Å². The summed E-state index contributed by atoms with van der Waals surface area (Å²) in [7, 11) is 0. The summed E-state index contributed by atoms with van der Waals surface area (Å²) in [5, 5.41) is 0. The molecule has 1 aromatic rings. The number of halogens is 1. The van der Waals surface area contributed by atoms with Crippen LogP contribution in [0.3, 0.4) is 0 Å². The molecular formula is C15H15BrN2O3. The SMILES string of the molecule is O=C(CN1CC(=O)N2CCCC2C1=O)c1ccc(Br)cc1. The molecule has 0 aromatic heterocycles. The fraction of sp³-hybridized carbons (Fsp3) is 0.400. The number of benzene rings is 1. The summed E-state index contributed by atoms with van der Waals surface area (Å²) in [4.78, 5) is 39.6. The molecule has 2 fully saturated rings. The predicted octanol–water partition coefficient (Wildman–Crippen LogP) is 1.46. The second-order valence-corrected chi connectivity index (χ2v) is 6.29. The molecule has 0 saturated carbocycles. The number of hydrogen-bond donors (Lipinski definition) is 0. The Bertz CT molecular complexity index is 599. The summed E-state index contributed by atoms with van der Waals surface area (Å²) >= 11 is 3.32. The highest BCUT2D eigenvalue weighted by molar-refractivity contribution is 9.10. The maximum absolute atomic E-state index is 12.3. The van der Waals surface area contributed by atoms with Gasteiger partial charge < -0.3 is 9.80 Å². The average Bonchev–Trinajstić information content (AvgIpc) is 2.95. The molecule has 0 aliphatic carbocycles. The van der Waals surface area contributed by atoms with E-state index in [1.807, 2.05) is 0 Å². The van der Waals surface area contributed by atoms with Crippen molar-refractivity contribution >= 4 is 33.5 Å². The second-order valence-electron chi connectivity index (χ2n) is 5.37. The average molecular weight is 351 g/mol. The van der Waals surface area contributed by atoms with Gasteiger partial charge in [-0.1, -0.05) is 28.1 Å². The van der Waals surface area contributed by atoms with Gasteiger partial charge in [-0.2, -0.15) is 0 Å². The van der Waals surface area contributed by atoms with Crippen LogP contribution in [0.15, 0.2) is 28.7 Å². The number of piperazine rings is 1. The number of carbonyl (C=O) groups excluding carboxylic acids is 3. The molecule has 2 saturated heterocycles. The first-order valence-electron chi connectivity index (χ1n) is 6.93. The zero-order valence-electron chi connectivity index (χ0n) is 11.4. The monoisotopic (exact) mass is 350 g/mol. The number of rotatable bonds is 3. The highest BCUT2D eigenvalue weighted by atomic mass is 79.9. The van der Waals surface area contributed by atoms with Gasteiger partial charge in [0.15, 0.2) is 5.78 Å². The van der Waals surface area contributed by atoms with Crippen molar-refractivity contribution in [3.8, 4) is 0 Å². The van der Waals surface area contributed by atoms with Crippen LogP contribution < -0.4 is 0 Å². The molecule has 3 rings (SSSR count). The summed E-state index contributed by atoms with van der Waals surface area (Å²) < 4.78 is 0.893. The van der Waals surface area contributed by atoms with Crippen molar-refractivity contribution in [2.45, 2.75) is 18.9 Å².